The standard InChI is InChI=1S/C9H7BrO3/c1-12-7-3-6(10)2-5-4-13-9(11)8(5)7/h2-3H,4H2,1H3. The zero-order valence-corrected chi connectivity index (χ0v) is 8.55. The number of carbonyl (C=O) groups excluding carboxylic acids is 1. The van der Waals surface area contributed by atoms with Gasteiger partial charge in [-0.25, -0.2) is 4.79 Å². The summed E-state index contributed by atoms with van der Waals surface area (Å²) >= 11 is 3.33. The van der Waals surface area contributed by atoms with Crippen molar-refractivity contribution in [2.24, 2.45) is 0 Å². The number of halogens is 1. The average Bonchev–Trinajstić information content (AvgIpc) is 2.46. The van der Waals surface area contributed by atoms with Crippen molar-refractivity contribution in [1.82, 2.24) is 0 Å². The molecule has 1 aliphatic heterocycles. The van der Waals surface area contributed by atoms with Crippen LogP contribution in [0, 0.1) is 0 Å². The van der Waals surface area contributed by atoms with Gasteiger partial charge in [-0.15, -0.1) is 0 Å². The van der Waals surface area contributed by atoms with E-state index in [1.54, 1.807) is 6.07 Å². The van der Waals surface area contributed by atoms with Crippen LogP contribution in [0.15, 0.2) is 16.6 Å². The van der Waals surface area contributed by atoms with Crippen LogP contribution in [0.4, 0.5) is 0 Å². The van der Waals surface area contributed by atoms with Crippen LogP contribution in [0.2, 0.25) is 0 Å². The third kappa shape index (κ3) is 1.31. The van der Waals surface area contributed by atoms with E-state index >= 15 is 0 Å². The van der Waals surface area contributed by atoms with Gasteiger partial charge in [-0.05, 0) is 12.1 Å². The summed E-state index contributed by atoms with van der Waals surface area (Å²) < 4.78 is 10.8. The average molecular weight is 243 g/mol. The third-order valence-electron chi connectivity index (χ3n) is 1.93. The lowest BCUT2D eigenvalue weighted by Crippen LogP contribution is -1.98. The zero-order valence-electron chi connectivity index (χ0n) is 6.96. The van der Waals surface area contributed by atoms with Crippen LogP contribution in [0.5, 0.6) is 5.75 Å². The summed E-state index contributed by atoms with van der Waals surface area (Å²) in [5.74, 6) is 0.256. The van der Waals surface area contributed by atoms with Crippen molar-refractivity contribution in [3.05, 3.63) is 27.7 Å². The number of methoxy groups -OCH3 is 1. The van der Waals surface area contributed by atoms with Crippen molar-refractivity contribution in [2.75, 3.05) is 7.11 Å². The molecule has 4 heteroatoms. The first-order valence-corrected chi connectivity index (χ1v) is 4.55. The van der Waals surface area contributed by atoms with Gasteiger partial charge in [-0.2, -0.15) is 0 Å². The molecular formula is C9H7BrO3. The SMILES string of the molecule is COc1cc(Br)cc2c1C(=O)OC2. The summed E-state index contributed by atoms with van der Waals surface area (Å²) in [7, 11) is 1.54. The maximum atomic E-state index is 11.2. The lowest BCUT2D eigenvalue weighted by molar-refractivity contribution is 0.0533. The van der Waals surface area contributed by atoms with Crippen LogP contribution < -0.4 is 4.74 Å². The molecule has 0 aromatic heterocycles. The number of fused-ring (bicyclic) bond motifs is 1. The Morgan fingerprint density at radius 2 is 2.31 bits per heavy atom. The molecule has 0 radical (unpaired) electrons. The summed E-state index contributed by atoms with van der Waals surface area (Å²) in [5.41, 5.74) is 1.42. The van der Waals surface area contributed by atoms with E-state index in [1.165, 1.54) is 7.11 Å². The number of hydrogen-bond donors (Lipinski definition) is 0. The molecule has 0 spiro atoms. The smallest absolute Gasteiger partial charge is 0.342 e. The highest BCUT2D eigenvalue weighted by Gasteiger charge is 2.25. The predicted molar refractivity (Wildman–Crippen MR) is 49.8 cm³/mol. The molecule has 3 nitrogen and oxygen atoms in total. The molecular weight excluding hydrogens is 236 g/mol. The molecule has 1 heterocycles. The Morgan fingerprint density at radius 1 is 1.54 bits per heavy atom. The Kier molecular flexibility index (Phi) is 2.00. The van der Waals surface area contributed by atoms with E-state index in [1.807, 2.05) is 6.07 Å². The fourth-order valence-corrected chi connectivity index (χ4v) is 1.84. The third-order valence-corrected chi connectivity index (χ3v) is 2.39. The maximum Gasteiger partial charge on any atom is 0.342 e. The maximum absolute atomic E-state index is 11.2. The number of hydrogen-bond acceptors (Lipinski definition) is 3. The lowest BCUT2D eigenvalue weighted by atomic mass is 10.1. The summed E-state index contributed by atoms with van der Waals surface area (Å²) in [6.45, 7) is 0.337. The quantitative estimate of drug-likeness (QED) is 0.708. The number of rotatable bonds is 1. The molecule has 1 aromatic rings. The van der Waals surface area contributed by atoms with Gasteiger partial charge in [-0.3, -0.25) is 0 Å². The number of cyclic esters (lactones) is 1. The number of ether oxygens (including phenoxy) is 2. The fourth-order valence-electron chi connectivity index (χ4n) is 1.36. The summed E-state index contributed by atoms with van der Waals surface area (Å²) in [5, 5.41) is 0. The van der Waals surface area contributed by atoms with Gasteiger partial charge in [0, 0.05) is 10.0 Å². The molecule has 0 N–H and O–H groups in total. The Balaban J connectivity index is 2.64. The zero-order chi connectivity index (χ0) is 9.42. The molecule has 0 saturated carbocycles. The fraction of sp³-hybridized carbons (Fsp3) is 0.222. The topological polar surface area (TPSA) is 35.5 Å². The minimum atomic E-state index is -0.306. The van der Waals surface area contributed by atoms with Crippen molar-refractivity contribution in [1.29, 1.82) is 0 Å². The normalized spacial score (nSPS) is 13.8. The summed E-state index contributed by atoms with van der Waals surface area (Å²) in [4.78, 5) is 11.2. The highest BCUT2D eigenvalue weighted by molar-refractivity contribution is 9.10. The molecule has 1 aliphatic rings. The molecule has 0 saturated heterocycles. The predicted octanol–water partition coefficient (Wildman–Crippen LogP) is 2.13. The van der Waals surface area contributed by atoms with E-state index in [2.05, 4.69) is 15.9 Å². The van der Waals surface area contributed by atoms with Crippen LogP contribution in [0.3, 0.4) is 0 Å². The highest BCUT2D eigenvalue weighted by atomic mass is 79.9. The minimum Gasteiger partial charge on any atom is -0.496 e. The molecule has 0 amide bonds. The van der Waals surface area contributed by atoms with Crippen LogP contribution in [-0.2, 0) is 11.3 Å². The summed E-state index contributed by atoms with van der Waals surface area (Å²) in [6, 6.07) is 3.62. The van der Waals surface area contributed by atoms with Crippen molar-refractivity contribution >= 4 is 21.9 Å². The van der Waals surface area contributed by atoms with Gasteiger partial charge >= 0.3 is 5.97 Å². The minimum absolute atomic E-state index is 0.306. The van der Waals surface area contributed by atoms with Gasteiger partial charge < -0.3 is 9.47 Å². The second kappa shape index (κ2) is 3.03. The van der Waals surface area contributed by atoms with E-state index in [0.717, 1.165) is 10.0 Å². The Morgan fingerprint density at radius 3 is 3.00 bits per heavy atom. The molecule has 0 atom stereocenters. The second-order valence-corrected chi connectivity index (χ2v) is 3.63. The van der Waals surface area contributed by atoms with Crippen LogP contribution in [-0.4, -0.2) is 13.1 Å². The van der Waals surface area contributed by atoms with Crippen molar-refractivity contribution in [3.63, 3.8) is 0 Å². The molecule has 68 valence electrons. The second-order valence-electron chi connectivity index (χ2n) is 2.72. The molecule has 0 bridgehead atoms. The van der Waals surface area contributed by atoms with E-state index in [9.17, 15) is 4.79 Å². The first-order valence-electron chi connectivity index (χ1n) is 3.76. The monoisotopic (exact) mass is 242 g/mol. The molecule has 0 aliphatic carbocycles. The van der Waals surface area contributed by atoms with Gasteiger partial charge in [0.2, 0.25) is 0 Å². The van der Waals surface area contributed by atoms with Gasteiger partial charge in [-0.1, -0.05) is 15.9 Å². The lowest BCUT2D eigenvalue weighted by Gasteiger charge is -2.04. The number of benzene rings is 1. The van der Waals surface area contributed by atoms with Crippen molar-refractivity contribution in [3.8, 4) is 5.75 Å². The van der Waals surface area contributed by atoms with E-state index in [0.29, 0.717) is 17.9 Å². The molecule has 13 heavy (non-hydrogen) atoms. The van der Waals surface area contributed by atoms with E-state index in [-0.39, 0.29) is 5.97 Å². The number of carbonyl (C=O) groups is 1. The van der Waals surface area contributed by atoms with Crippen molar-refractivity contribution in [2.45, 2.75) is 6.61 Å². The number of esters is 1. The Bertz CT molecular complexity index is 373. The van der Waals surface area contributed by atoms with Crippen LogP contribution in [0.1, 0.15) is 15.9 Å². The van der Waals surface area contributed by atoms with Crippen molar-refractivity contribution < 1.29 is 14.3 Å². The van der Waals surface area contributed by atoms with Crippen LogP contribution in [0.25, 0.3) is 0 Å². The first-order chi connectivity index (χ1) is 6.22. The molecule has 0 unspecified atom stereocenters. The van der Waals surface area contributed by atoms with Gasteiger partial charge in [0.15, 0.2) is 0 Å². The summed E-state index contributed by atoms with van der Waals surface area (Å²) in [6.07, 6.45) is 0. The molecule has 1 aromatic carbocycles. The van der Waals surface area contributed by atoms with E-state index < -0.39 is 0 Å². The van der Waals surface area contributed by atoms with Gasteiger partial charge in [0.25, 0.3) is 0 Å². The highest BCUT2D eigenvalue weighted by Crippen LogP contribution is 2.32. The molecule has 0 fully saturated rings. The molecule has 2 rings (SSSR count). The van der Waals surface area contributed by atoms with Gasteiger partial charge in [0.05, 0.1) is 7.11 Å². The Hall–Kier alpha value is -1.03. The largest absolute Gasteiger partial charge is 0.496 e. The van der Waals surface area contributed by atoms with Gasteiger partial charge in [0.1, 0.15) is 17.9 Å². The van der Waals surface area contributed by atoms with E-state index in [4.69, 9.17) is 9.47 Å². The first kappa shape index (κ1) is 8.56. The van der Waals surface area contributed by atoms with Crippen LogP contribution >= 0.6 is 15.9 Å². The Labute approximate surface area is 83.8 Å².